The second kappa shape index (κ2) is 5.84. The van der Waals surface area contributed by atoms with Crippen molar-refractivity contribution < 1.29 is 4.92 Å². The number of nitro groups is 1. The van der Waals surface area contributed by atoms with Crippen molar-refractivity contribution in [2.75, 3.05) is 0 Å². The van der Waals surface area contributed by atoms with Crippen LogP contribution in [0.4, 0.5) is 5.69 Å². The maximum Gasteiger partial charge on any atom is 0.276 e. The second-order valence-electron chi connectivity index (χ2n) is 5.00. The number of benzene rings is 2. The van der Waals surface area contributed by atoms with E-state index in [0.29, 0.717) is 22.3 Å². The van der Waals surface area contributed by atoms with Gasteiger partial charge in [-0.3, -0.25) is 19.5 Å². The molecule has 2 aromatic carbocycles. The van der Waals surface area contributed by atoms with Gasteiger partial charge < -0.3 is 0 Å². The van der Waals surface area contributed by atoms with E-state index in [9.17, 15) is 14.9 Å². The molecule has 0 N–H and O–H groups in total. The van der Waals surface area contributed by atoms with E-state index in [0.717, 1.165) is 0 Å². The molecule has 0 aliphatic carbocycles. The lowest BCUT2D eigenvalue weighted by atomic mass is 10.1. The van der Waals surface area contributed by atoms with E-state index in [1.807, 2.05) is 6.07 Å². The molecular formula is C17H13N3O3. The fourth-order valence-electron chi connectivity index (χ4n) is 2.34. The highest BCUT2D eigenvalue weighted by atomic mass is 16.6. The number of nitrogens with zero attached hydrogens (tertiary/aromatic N) is 3. The van der Waals surface area contributed by atoms with Crippen molar-refractivity contribution in [3.8, 4) is 0 Å². The van der Waals surface area contributed by atoms with Crippen molar-refractivity contribution in [1.29, 1.82) is 0 Å². The average molecular weight is 307 g/mol. The van der Waals surface area contributed by atoms with E-state index in [-0.39, 0.29) is 11.2 Å². The first-order valence-electron chi connectivity index (χ1n) is 6.95. The number of hydrogen-bond acceptors (Lipinski definition) is 4. The summed E-state index contributed by atoms with van der Waals surface area (Å²) in [4.78, 5) is 27.3. The second-order valence-corrected chi connectivity index (χ2v) is 5.00. The molecule has 114 valence electrons. The minimum Gasteiger partial charge on any atom is -0.296 e. The Bertz CT molecular complexity index is 990. The van der Waals surface area contributed by atoms with E-state index >= 15 is 0 Å². The van der Waals surface area contributed by atoms with Gasteiger partial charge in [-0.15, -0.1) is 0 Å². The van der Waals surface area contributed by atoms with E-state index in [2.05, 4.69) is 4.98 Å². The van der Waals surface area contributed by atoms with Gasteiger partial charge >= 0.3 is 0 Å². The zero-order valence-electron chi connectivity index (χ0n) is 12.3. The summed E-state index contributed by atoms with van der Waals surface area (Å²) in [5.41, 5.74) is 0.907. The first-order valence-corrected chi connectivity index (χ1v) is 6.95. The van der Waals surface area contributed by atoms with Gasteiger partial charge in [0, 0.05) is 13.1 Å². The third-order valence-electron chi connectivity index (χ3n) is 3.56. The van der Waals surface area contributed by atoms with Crippen LogP contribution in [0.3, 0.4) is 0 Å². The quantitative estimate of drug-likeness (QED) is 0.550. The Labute approximate surface area is 131 Å². The molecule has 1 heterocycles. The molecule has 3 aromatic rings. The number of hydrogen-bond donors (Lipinski definition) is 0. The summed E-state index contributed by atoms with van der Waals surface area (Å²) in [6, 6.07) is 13.5. The van der Waals surface area contributed by atoms with Crippen LogP contribution in [-0.2, 0) is 7.05 Å². The lowest BCUT2D eigenvalue weighted by Crippen LogP contribution is -2.20. The molecule has 0 amide bonds. The fourth-order valence-corrected chi connectivity index (χ4v) is 2.34. The molecule has 0 unspecified atom stereocenters. The predicted molar refractivity (Wildman–Crippen MR) is 89.0 cm³/mol. The number of fused-ring (bicyclic) bond motifs is 1. The molecule has 1 aromatic heterocycles. The summed E-state index contributed by atoms with van der Waals surface area (Å²) in [5, 5.41) is 11.6. The molecule has 0 bridgehead atoms. The Balaban J connectivity index is 2.11. The molecule has 6 heteroatoms. The highest BCUT2D eigenvalue weighted by molar-refractivity contribution is 5.79. The van der Waals surface area contributed by atoms with Crippen LogP contribution in [0.15, 0.2) is 53.3 Å². The lowest BCUT2D eigenvalue weighted by molar-refractivity contribution is -0.385. The molecule has 0 saturated heterocycles. The van der Waals surface area contributed by atoms with E-state index in [4.69, 9.17) is 0 Å². The molecule has 0 fully saturated rings. The summed E-state index contributed by atoms with van der Waals surface area (Å²) in [6.45, 7) is 0. The highest BCUT2D eigenvalue weighted by Gasteiger charge is 2.10. The maximum atomic E-state index is 12.3. The minimum absolute atomic E-state index is 0.00883. The summed E-state index contributed by atoms with van der Waals surface area (Å²) < 4.78 is 1.42. The first kappa shape index (κ1) is 14.6. The van der Waals surface area contributed by atoms with Gasteiger partial charge in [0.1, 0.15) is 5.82 Å². The van der Waals surface area contributed by atoms with Crippen LogP contribution in [0.25, 0.3) is 23.1 Å². The summed E-state index contributed by atoms with van der Waals surface area (Å²) in [7, 11) is 1.63. The van der Waals surface area contributed by atoms with Gasteiger partial charge in [-0.05, 0) is 30.4 Å². The molecule has 0 aliphatic heterocycles. The van der Waals surface area contributed by atoms with Gasteiger partial charge in [-0.2, -0.15) is 0 Å². The SMILES string of the molecule is Cn1c(/C=C/c2ccccc2[N+](=O)[O-])nc2ccccc2c1=O. The molecule has 0 aliphatic rings. The molecule has 0 atom stereocenters. The lowest BCUT2D eigenvalue weighted by Gasteiger charge is -2.05. The molecule has 6 nitrogen and oxygen atoms in total. The third-order valence-corrected chi connectivity index (χ3v) is 3.56. The molecule has 3 rings (SSSR count). The Morgan fingerprint density at radius 3 is 2.57 bits per heavy atom. The van der Waals surface area contributed by atoms with Crippen LogP contribution < -0.4 is 5.56 Å². The van der Waals surface area contributed by atoms with Crippen molar-refractivity contribution >= 4 is 28.7 Å². The highest BCUT2D eigenvalue weighted by Crippen LogP contribution is 2.20. The smallest absolute Gasteiger partial charge is 0.276 e. The van der Waals surface area contributed by atoms with Gasteiger partial charge in [-0.25, -0.2) is 4.98 Å². The maximum absolute atomic E-state index is 12.3. The average Bonchev–Trinajstić information content (AvgIpc) is 2.57. The van der Waals surface area contributed by atoms with Crippen molar-refractivity contribution in [3.63, 3.8) is 0 Å². The van der Waals surface area contributed by atoms with Crippen molar-refractivity contribution in [2.45, 2.75) is 0 Å². The van der Waals surface area contributed by atoms with Crippen LogP contribution in [0.5, 0.6) is 0 Å². The Morgan fingerprint density at radius 1 is 1.09 bits per heavy atom. The zero-order valence-corrected chi connectivity index (χ0v) is 12.3. The Hall–Kier alpha value is -3.28. The van der Waals surface area contributed by atoms with E-state index < -0.39 is 4.92 Å². The van der Waals surface area contributed by atoms with Gasteiger partial charge in [0.15, 0.2) is 0 Å². The molecule has 23 heavy (non-hydrogen) atoms. The predicted octanol–water partition coefficient (Wildman–Crippen LogP) is 3.01. The normalized spacial score (nSPS) is 11.2. The minimum atomic E-state index is -0.438. The number of para-hydroxylation sites is 2. The molecular weight excluding hydrogens is 294 g/mol. The van der Waals surface area contributed by atoms with Crippen LogP contribution >= 0.6 is 0 Å². The van der Waals surface area contributed by atoms with Gasteiger partial charge in [0.25, 0.3) is 11.2 Å². The van der Waals surface area contributed by atoms with Gasteiger partial charge in [-0.1, -0.05) is 24.3 Å². The number of nitro benzene ring substituents is 1. The van der Waals surface area contributed by atoms with Crippen molar-refractivity contribution in [2.24, 2.45) is 7.05 Å². The number of rotatable bonds is 3. The molecule has 0 spiro atoms. The van der Waals surface area contributed by atoms with Crippen molar-refractivity contribution in [3.05, 3.63) is 80.4 Å². The van der Waals surface area contributed by atoms with E-state index in [1.165, 1.54) is 10.6 Å². The van der Waals surface area contributed by atoms with Crippen LogP contribution in [0.1, 0.15) is 11.4 Å². The summed E-state index contributed by atoms with van der Waals surface area (Å²) in [6.07, 6.45) is 3.20. The monoisotopic (exact) mass is 307 g/mol. The summed E-state index contributed by atoms with van der Waals surface area (Å²) >= 11 is 0. The first-order chi connectivity index (χ1) is 11.1. The van der Waals surface area contributed by atoms with Crippen LogP contribution in [-0.4, -0.2) is 14.5 Å². The molecule has 0 saturated carbocycles. The Kier molecular flexibility index (Phi) is 3.72. The zero-order chi connectivity index (χ0) is 16.4. The Morgan fingerprint density at radius 2 is 1.78 bits per heavy atom. The third kappa shape index (κ3) is 2.74. The van der Waals surface area contributed by atoms with Crippen LogP contribution in [0.2, 0.25) is 0 Å². The topological polar surface area (TPSA) is 78.0 Å². The molecule has 0 radical (unpaired) electrons. The van der Waals surface area contributed by atoms with Gasteiger partial charge in [0.2, 0.25) is 0 Å². The number of aromatic nitrogens is 2. The largest absolute Gasteiger partial charge is 0.296 e. The van der Waals surface area contributed by atoms with E-state index in [1.54, 1.807) is 55.6 Å². The van der Waals surface area contributed by atoms with Crippen LogP contribution in [0, 0.1) is 10.1 Å². The van der Waals surface area contributed by atoms with Gasteiger partial charge in [0.05, 0.1) is 21.4 Å². The van der Waals surface area contributed by atoms with Crippen molar-refractivity contribution in [1.82, 2.24) is 9.55 Å². The standard InChI is InChI=1S/C17H13N3O3/c1-19-16(18-14-8-4-3-7-13(14)17(19)21)11-10-12-6-2-5-9-15(12)20(22)23/h2-11H,1H3/b11-10+. The summed E-state index contributed by atoms with van der Waals surface area (Å²) in [5.74, 6) is 0.437. The fraction of sp³-hybridized carbons (Fsp3) is 0.0588.